The highest BCUT2D eigenvalue weighted by molar-refractivity contribution is 7.21. The Balaban J connectivity index is 1.26. The van der Waals surface area contributed by atoms with Gasteiger partial charge >= 0.3 is 0 Å². The Kier molecular flexibility index (Phi) is 6.69. The molecule has 0 unspecified atom stereocenters. The van der Waals surface area contributed by atoms with Gasteiger partial charge in [0.2, 0.25) is 0 Å². The molecule has 0 N–H and O–H groups in total. The van der Waals surface area contributed by atoms with E-state index < -0.39 is 0 Å². The number of para-hydroxylation sites is 1. The van der Waals surface area contributed by atoms with E-state index in [0.29, 0.717) is 0 Å². The maximum absolute atomic E-state index is 2.44. The lowest BCUT2D eigenvalue weighted by molar-refractivity contribution is 1.22. The van der Waals surface area contributed by atoms with Gasteiger partial charge in [-0.3, -0.25) is 0 Å². The minimum atomic E-state index is 1.11. The second-order valence-corrected chi connectivity index (χ2v) is 12.9. The predicted molar refractivity (Wildman–Crippen MR) is 202 cm³/mol. The van der Waals surface area contributed by atoms with Crippen LogP contribution in [0.5, 0.6) is 0 Å². The molecule has 0 saturated heterocycles. The number of nitrogens with zero attached hydrogens (tertiary/aromatic N) is 2. The number of hydrogen-bond donors (Lipinski definition) is 0. The zero-order valence-electron chi connectivity index (χ0n) is 25.6. The van der Waals surface area contributed by atoms with Crippen molar-refractivity contribution in [2.24, 2.45) is 0 Å². The van der Waals surface area contributed by atoms with E-state index in [0.717, 1.165) is 17.1 Å². The molecule has 7 aromatic carbocycles. The van der Waals surface area contributed by atoms with Crippen molar-refractivity contribution in [3.8, 4) is 27.3 Å². The molecule has 9 aromatic rings. The van der Waals surface area contributed by atoms with Crippen LogP contribution in [0.1, 0.15) is 0 Å². The average Bonchev–Trinajstić information content (AvgIpc) is 3.72. The molecule has 47 heavy (non-hydrogen) atoms. The van der Waals surface area contributed by atoms with Gasteiger partial charge in [-0.05, 0) is 82.2 Å². The molecule has 2 nitrogen and oxygen atoms in total. The monoisotopic (exact) mass is 618 g/mol. The molecule has 3 heteroatoms. The molecular weight excluding hydrogens is 589 g/mol. The van der Waals surface area contributed by atoms with E-state index in [1.807, 2.05) is 11.3 Å². The number of hydrogen-bond acceptors (Lipinski definition) is 2. The third-order valence-electron chi connectivity index (χ3n) is 9.01. The molecular formula is C44H30N2S. The van der Waals surface area contributed by atoms with Crippen molar-refractivity contribution in [3.63, 3.8) is 0 Å². The molecule has 9 rings (SSSR count). The first-order chi connectivity index (χ1) is 23.3. The lowest BCUT2D eigenvalue weighted by Crippen LogP contribution is -2.10. The molecule has 2 heterocycles. The van der Waals surface area contributed by atoms with Gasteiger partial charge in [0.05, 0.1) is 16.7 Å². The first-order valence-electron chi connectivity index (χ1n) is 15.9. The maximum Gasteiger partial charge on any atom is 0.101 e. The highest BCUT2D eigenvalue weighted by Crippen LogP contribution is 2.45. The highest BCUT2D eigenvalue weighted by atomic mass is 32.1. The molecule has 0 aliphatic carbocycles. The molecule has 0 atom stereocenters. The number of fused-ring (bicyclic) bond motifs is 4. The minimum absolute atomic E-state index is 1.11. The summed E-state index contributed by atoms with van der Waals surface area (Å²) in [5.41, 5.74) is 10.6. The van der Waals surface area contributed by atoms with Crippen molar-refractivity contribution < 1.29 is 0 Å². The number of aromatic nitrogens is 1. The smallest absolute Gasteiger partial charge is 0.101 e. The summed E-state index contributed by atoms with van der Waals surface area (Å²) in [5.74, 6) is 0. The SMILES string of the molecule is c1ccc(-c2ccc(N(c3ccc(-c4ccccc4)cc3)c3cccc4c3c3ccccc3n4-c3cc4ccccc4s3)cc2)cc1. The van der Waals surface area contributed by atoms with Crippen molar-refractivity contribution in [3.05, 3.63) is 182 Å². The molecule has 0 spiro atoms. The fourth-order valence-corrected chi connectivity index (χ4v) is 7.89. The fraction of sp³-hybridized carbons (Fsp3) is 0. The van der Waals surface area contributed by atoms with Gasteiger partial charge in [0, 0.05) is 26.8 Å². The predicted octanol–water partition coefficient (Wildman–Crippen LogP) is 12.8. The molecule has 0 saturated carbocycles. The van der Waals surface area contributed by atoms with Crippen molar-refractivity contribution >= 4 is 60.3 Å². The van der Waals surface area contributed by atoms with E-state index in [2.05, 4.69) is 191 Å². The summed E-state index contributed by atoms with van der Waals surface area (Å²) in [7, 11) is 0. The van der Waals surface area contributed by atoms with Crippen LogP contribution in [0.3, 0.4) is 0 Å². The summed E-state index contributed by atoms with van der Waals surface area (Å²) in [6, 6.07) is 65.6. The standard InChI is InChI=1S/C44H30N2S/c1-3-12-31(13-4-1)33-22-26-36(27-23-33)45(37-28-24-34(25-29-37)32-14-5-2-6-15-32)40-19-11-20-41-44(40)38-17-8-9-18-39(38)46(41)43-30-35-16-7-10-21-42(35)47-43/h1-30H. The molecule has 0 aliphatic rings. The number of benzene rings is 7. The number of anilines is 3. The topological polar surface area (TPSA) is 8.17 Å². The fourth-order valence-electron chi connectivity index (χ4n) is 6.80. The average molecular weight is 619 g/mol. The van der Waals surface area contributed by atoms with Crippen LogP contribution < -0.4 is 4.90 Å². The Labute approximate surface area is 278 Å². The Hall–Kier alpha value is -5.90. The van der Waals surface area contributed by atoms with Crippen LogP contribution in [0.25, 0.3) is 59.1 Å². The normalized spacial score (nSPS) is 11.4. The molecule has 0 bridgehead atoms. The number of thiophene rings is 1. The third kappa shape index (κ3) is 4.80. The third-order valence-corrected chi connectivity index (χ3v) is 10.1. The summed E-state index contributed by atoms with van der Waals surface area (Å²) in [5, 5.41) is 4.97. The molecule has 0 radical (unpaired) electrons. The van der Waals surface area contributed by atoms with Gasteiger partial charge in [0.15, 0.2) is 0 Å². The highest BCUT2D eigenvalue weighted by Gasteiger charge is 2.21. The minimum Gasteiger partial charge on any atom is -0.310 e. The Morgan fingerprint density at radius 3 is 1.60 bits per heavy atom. The van der Waals surface area contributed by atoms with Crippen molar-refractivity contribution in [1.29, 1.82) is 0 Å². The quantitative estimate of drug-likeness (QED) is 0.180. The van der Waals surface area contributed by atoms with E-state index in [1.54, 1.807) is 0 Å². The first kappa shape index (κ1) is 27.4. The lowest BCUT2D eigenvalue weighted by Gasteiger charge is -2.27. The van der Waals surface area contributed by atoms with Gasteiger partial charge in [-0.1, -0.05) is 127 Å². The molecule has 2 aromatic heterocycles. The van der Waals surface area contributed by atoms with E-state index in [-0.39, 0.29) is 0 Å². The van der Waals surface area contributed by atoms with Crippen LogP contribution in [-0.4, -0.2) is 4.57 Å². The van der Waals surface area contributed by atoms with E-state index >= 15 is 0 Å². The first-order valence-corrected chi connectivity index (χ1v) is 16.8. The Morgan fingerprint density at radius 2 is 0.957 bits per heavy atom. The summed E-state index contributed by atoms with van der Waals surface area (Å²) in [6.07, 6.45) is 0. The van der Waals surface area contributed by atoms with Gasteiger partial charge < -0.3 is 9.47 Å². The summed E-state index contributed by atoms with van der Waals surface area (Å²) >= 11 is 1.84. The zero-order valence-corrected chi connectivity index (χ0v) is 26.4. The van der Waals surface area contributed by atoms with Crippen LogP contribution in [0, 0.1) is 0 Å². The van der Waals surface area contributed by atoms with Crippen LogP contribution in [-0.2, 0) is 0 Å². The Bertz CT molecular complexity index is 2370. The molecule has 0 aliphatic heterocycles. The van der Waals surface area contributed by atoms with Gasteiger partial charge in [0.1, 0.15) is 5.00 Å². The van der Waals surface area contributed by atoms with Gasteiger partial charge in [-0.2, -0.15) is 0 Å². The van der Waals surface area contributed by atoms with Crippen molar-refractivity contribution in [2.45, 2.75) is 0 Å². The number of rotatable bonds is 6. The van der Waals surface area contributed by atoms with E-state index in [1.165, 1.54) is 59.1 Å². The van der Waals surface area contributed by atoms with Gasteiger partial charge in [0.25, 0.3) is 0 Å². The summed E-state index contributed by atoms with van der Waals surface area (Å²) in [6.45, 7) is 0. The summed E-state index contributed by atoms with van der Waals surface area (Å²) in [4.78, 5) is 2.41. The maximum atomic E-state index is 2.44. The van der Waals surface area contributed by atoms with Crippen LogP contribution in [0.4, 0.5) is 17.1 Å². The van der Waals surface area contributed by atoms with Crippen LogP contribution >= 0.6 is 11.3 Å². The summed E-state index contributed by atoms with van der Waals surface area (Å²) < 4.78 is 3.73. The molecule has 0 amide bonds. The van der Waals surface area contributed by atoms with E-state index in [9.17, 15) is 0 Å². The zero-order chi connectivity index (χ0) is 31.2. The largest absolute Gasteiger partial charge is 0.310 e. The molecule has 222 valence electrons. The van der Waals surface area contributed by atoms with Gasteiger partial charge in [-0.15, -0.1) is 11.3 Å². The second-order valence-electron chi connectivity index (χ2n) is 11.8. The van der Waals surface area contributed by atoms with Crippen LogP contribution in [0.15, 0.2) is 182 Å². The van der Waals surface area contributed by atoms with Crippen molar-refractivity contribution in [2.75, 3.05) is 4.90 Å². The second kappa shape index (κ2) is 11.5. The lowest BCUT2D eigenvalue weighted by atomic mass is 10.0. The van der Waals surface area contributed by atoms with Crippen molar-refractivity contribution in [1.82, 2.24) is 4.57 Å². The van der Waals surface area contributed by atoms with Gasteiger partial charge in [-0.25, -0.2) is 0 Å². The molecule has 0 fully saturated rings. The van der Waals surface area contributed by atoms with Crippen LogP contribution in [0.2, 0.25) is 0 Å². The Morgan fingerprint density at radius 1 is 0.426 bits per heavy atom. The van der Waals surface area contributed by atoms with E-state index in [4.69, 9.17) is 0 Å².